The molecule has 9 heteroatoms. The first kappa shape index (κ1) is 23.2. The molecule has 6 nitrogen and oxygen atoms in total. The molecule has 0 saturated heterocycles. The number of benzene rings is 2. The molecule has 31 heavy (non-hydrogen) atoms. The van der Waals surface area contributed by atoms with Crippen LogP contribution in [-0.2, 0) is 5.41 Å². The lowest BCUT2D eigenvalue weighted by atomic mass is 9.86. The summed E-state index contributed by atoms with van der Waals surface area (Å²) in [6, 6.07) is 13.7. The fraction of sp³-hybridized carbons (Fsp3) is 0.273. The van der Waals surface area contributed by atoms with Crippen LogP contribution in [0.5, 0.6) is 0 Å². The molecule has 1 unspecified atom stereocenters. The molecule has 2 aromatic carbocycles. The third-order valence-corrected chi connectivity index (χ3v) is 6.29. The zero-order valence-corrected chi connectivity index (χ0v) is 19.5. The van der Waals surface area contributed by atoms with Crippen LogP contribution in [0.1, 0.15) is 53.2 Å². The fourth-order valence-corrected chi connectivity index (χ4v) is 4.79. The number of halogens is 2. The molecule has 162 valence electrons. The van der Waals surface area contributed by atoms with Crippen molar-refractivity contribution in [2.45, 2.75) is 32.1 Å². The van der Waals surface area contributed by atoms with E-state index in [1.165, 1.54) is 11.3 Å². The Morgan fingerprint density at radius 1 is 1.16 bits per heavy atom. The third-order valence-electron chi connectivity index (χ3n) is 4.62. The number of thiazole rings is 1. The van der Waals surface area contributed by atoms with E-state index >= 15 is 0 Å². The van der Waals surface area contributed by atoms with Gasteiger partial charge in [0.05, 0.1) is 22.2 Å². The molecule has 0 radical (unpaired) electrons. The lowest BCUT2D eigenvalue weighted by molar-refractivity contribution is -0.481. The molecule has 3 aromatic rings. The molecule has 0 bridgehead atoms. The Morgan fingerprint density at radius 2 is 1.81 bits per heavy atom. The highest BCUT2D eigenvalue weighted by Crippen LogP contribution is 2.40. The van der Waals surface area contributed by atoms with Crippen LogP contribution in [-0.4, -0.2) is 22.4 Å². The normalized spacial score (nSPS) is 12.4. The highest BCUT2D eigenvalue weighted by Gasteiger charge is 2.32. The van der Waals surface area contributed by atoms with Gasteiger partial charge in [-0.15, -0.1) is 11.3 Å². The number of carbonyl (C=O) groups is 1. The van der Waals surface area contributed by atoms with E-state index in [-0.39, 0.29) is 22.8 Å². The smallest absolute Gasteiger partial charge is 0.258 e. The van der Waals surface area contributed by atoms with E-state index in [0.29, 0.717) is 26.4 Å². The summed E-state index contributed by atoms with van der Waals surface area (Å²) in [5, 5.41) is 15.5. The summed E-state index contributed by atoms with van der Waals surface area (Å²) < 4.78 is 0. The second-order valence-electron chi connectivity index (χ2n) is 8.04. The van der Waals surface area contributed by atoms with Gasteiger partial charge in [0.15, 0.2) is 5.13 Å². The van der Waals surface area contributed by atoms with Gasteiger partial charge in [0.2, 0.25) is 6.54 Å². The molecule has 0 aliphatic heterocycles. The van der Waals surface area contributed by atoms with Crippen LogP contribution in [0.25, 0.3) is 0 Å². The van der Waals surface area contributed by atoms with E-state index in [1.807, 2.05) is 20.8 Å². The van der Waals surface area contributed by atoms with Gasteiger partial charge in [-0.05, 0) is 29.8 Å². The number of nitrogens with one attached hydrogen (secondary N) is 1. The zero-order chi connectivity index (χ0) is 22.8. The molecular weight excluding hydrogens is 457 g/mol. The zero-order valence-electron chi connectivity index (χ0n) is 17.2. The predicted octanol–water partition coefficient (Wildman–Crippen LogP) is 6.41. The largest absolute Gasteiger partial charge is 0.298 e. The fourth-order valence-electron chi connectivity index (χ4n) is 3.15. The molecule has 1 aromatic heterocycles. The molecule has 1 atom stereocenters. The van der Waals surface area contributed by atoms with Crippen LogP contribution in [0.15, 0.2) is 48.5 Å². The number of amides is 1. The standard InChI is InChI=1S/C22H21Cl2N3O3S/c1-22(2,3)19-18(16(12-27(29)30)13-8-10-14(23)11-9-13)31-21(25-19)26-20(28)15-6-4-5-7-17(15)24/h4-11,16H,12H2,1-3H3,(H,25,26,28). The Morgan fingerprint density at radius 3 is 2.39 bits per heavy atom. The minimum atomic E-state index is -0.523. The average Bonchev–Trinajstić information content (AvgIpc) is 3.11. The van der Waals surface area contributed by atoms with Crippen molar-refractivity contribution in [3.8, 4) is 0 Å². The number of hydrogen-bond acceptors (Lipinski definition) is 5. The van der Waals surface area contributed by atoms with E-state index in [1.54, 1.807) is 48.5 Å². The van der Waals surface area contributed by atoms with E-state index < -0.39 is 5.92 Å². The summed E-state index contributed by atoms with van der Waals surface area (Å²) in [6.45, 7) is 5.65. The van der Waals surface area contributed by atoms with Crippen LogP contribution >= 0.6 is 34.5 Å². The first-order valence-corrected chi connectivity index (χ1v) is 11.1. The van der Waals surface area contributed by atoms with Crippen LogP contribution in [0, 0.1) is 10.1 Å². The third kappa shape index (κ3) is 5.61. The van der Waals surface area contributed by atoms with E-state index in [0.717, 1.165) is 10.4 Å². The molecule has 0 saturated carbocycles. The average molecular weight is 478 g/mol. The van der Waals surface area contributed by atoms with Gasteiger partial charge in [-0.2, -0.15) is 0 Å². The number of nitro groups is 1. The van der Waals surface area contributed by atoms with Gasteiger partial charge in [0.1, 0.15) is 0 Å². The van der Waals surface area contributed by atoms with Crippen molar-refractivity contribution < 1.29 is 9.72 Å². The van der Waals surface area contributed by atoms with Gasteiger partial charge >= 0.3 is 0 Å². The highest BCUT2D eigenvalue weighted by atomic mass is 35.5. The van der Waals surface area contributed by atoms with Crippen molar-refractivity contribution in [3.63, 3.8) is 0 Å². The topological polar surface area (TPSA) is 85.1 Å². The van der Waals surface area contributed by atoms with E-state index in [4.69, 9.17) is 23.2 Å². The minimum absolute atomic E-state index is 0.301. The summed E-state index contributed by atoms with van der Waals surface area (Å²) >= 11 is 13.4. The Hall–Kier alpha value is -2.48. The first-order valence-electron chi connectivity index (χ1n) is 9.50. The number of carbonyl (C=O) groups excluding carboxylic acids is 1. The number of aromatic nitrogens is 1. The van der Waals surface area contributed by atoms with Crippen molar-refractivity contribution in [1.82, 2.24) is 4.98 Å². The van der Waals surface area contributed by atoms with Crippen LogP contribution < -0.4 is 5.32 Å². The molecular formula is C22H21Cl2N3O3S. The van der Waals surface area contributed by atoms with Gasteiger partial charge in [0.25, 0.3) is 5.91 Å². The van der Waals surface area contributed by atoms with Crippen LogP contribution in [0.3, 0.4) is 0 Å². The van der Waals surface area contributed by atoms with Crippen molar-refractivity contribution in [2.24, 2.45) is 0 Å². The number of hydrogen-bond donors (Lipinski definition) is 1. The van der Waals surface area contributed by atoms with Gasteiger partial charge < -0.3 is 0 Å². The monoisotopic (exact) mass is 477 g/mol. The maximum absolute atomic E-state index is 12.7. The molecule has 3 rings (SSSR count). The Balaban J connectivity index is 2.04. The SMILES string of the molecule is CC(C)(C)c1nc(NC(=O)c2ccccc2Cl)sc1C(C[N+](=O)[O-])c1ccc(Cl)cc1. The van der Waals surface area contributed by atoms with Gasteiger partial charge in [0, 0.05) is 20.2 Å². The van der Waals surface area contributed by atoms with Gasteiger partial charge in [-0.3, -0.25) is 20.2 Å². The maximum Gasteiger partial charge on any atom is 0.258 e. The van der Waals surface area contributed by atoms with Gasteiger partial charge in [-0.25, -0.2) is 4.98 Å². The Bertz CT molecular complexity index is 1110. The second kappa shape index (κ2) is 9.34. The van der Waals surface area contributed by atoms with Crippen LogP contribution in [0.2, 0.25) is 10.0 Å². The summed E-state index contributed by atoms with van der Waals surface area (Å²) in [6.07, 6.45) is 0. The quantitative estimate of drug-likeness (QED) is 0.328. The van der Waals surface area contributed by atoms with E-state index in [2.05, 4.69) is 10.3 Å². The number of anilines is 1. The molecule has 0 aliphatic rings. The molecule has 1 N–H and O–H groups in total. The first-order chi connectivity index (χ1) is 14.6. The van der Waals surface area contributed by atoms with Crippen LogP contribution in [0.4, 0.5) is 5.13 Å². The molecule has 0 aliphatic carbocycles. The molecule has 1 amide bonds. The number of nitrogens with zero attached hydrogens (tertiary/aromatic N) is 2. The van der Waals surface area contributed by atoms with Gasteiger partial charge in [-0.1, -0.05) is 68.2 Å². The lowest BCUT2D eigenvalue weighted by Gasteiger charge is -2.21. The van der Waals surface area contributed by atoms with Crippen molar-refractivity contribution in [1.29, 1.82) is 0 Å². The van der Waals surface area contributed by atoms with Crippen molar-refractivity contribution >= 4 is 45.6 Å². The predicted molar refractivity (Wildman–Crippen MR) is 125 cm³/mol. The Kier molecular flexibility index (Phi) is 6.99. The summed E-state index contributed by atoms with van der Waals surface area (Å²) in [7, 11) is 0. The summed E-state index contributed by atoms with van der Waals surface area (Å²) in [5.41, 5.74) is 1.41. The van der Waals surface area contributed by atoms with Crippen molar-refractivity contribution in [3.05, 3.63) is 90.4 Å². The van der Waals surface area contributed by atoms with E-state index in [9.17, 15) is 14.9 Å². The molecule has 0 fully saturated rings. The molecule has 1 heterocycles. The number of rotatable bonds is 6. The second-order valence-corrected chi connectivity index (χ2v) is 9.91. The minimum Gasteiger partial charge on any atom is -0.298 e. The Labute approximate surface area is 194 Å². The van der Waals surface area contributed by atoms with Crippen molar-refractivity contribution in [2.75, 3.05) is 11.9 Å². The molecule has 0 spiro atoms. The summed E-state index contributed by atoms with van der Waals surface area (Å²) in [5.74, 6) is -0.909. The highest BCUT2D eigenvalue weighted by molar-refractivity contribution is 7.16. The maximum atomic E-state index is 12.7. The lowest BCUT2D eigenvalue weighted by Crippen LogP contribution is -2.20. The summed E-state index contributed by atoms with van der Waals surface area (Å²) in [4.78, 5) is 29.2.